The molecular weight excluding hydrogens is 529 g/mol. The third-order valence-corrected chi connectivity index (χ3v) is 7.29. The van der Waals surface area contributed by atoms with E-state index in [2.05, 4.69) is 9.80 Å². The number of fused-ring (bicyclic) bond motifs is 1. The third-order valence-electron chi connectivity index (χ3n) is 6.48. The average molecular weight is 562 g/mol. The van der Waals surface area contributed by atoms with E-state index in [4.69, 9.17) is 37.4 Å². The molecule has 0 N–H and O–H groups in total. The number of hydrogen-bond donors (Lipinski definition) is 0. The van der Waals surface area contributed by atoms with E-state index >= 15 is 0 Å². The normalized spacial score (nSPS) is 14.0. The molecule has 3 aromatic rings. The Hall–Kier alpha value is -2.94. The van der Waals surface area contributed by atoms with Crippen LogP contribution in [0.2, 0.25) is 10.0 Å². The van der Waals surface area contributed by atoms with Gasteiger partial charge in [0.15, 0.2) is 6.73 Å². The van der Waals surface area contributed by atoms with Crippen LogP contribution < -0.4 is 15.2 Å². The summed E-state index contributed by atoms with van der Waals surface area (Å²) in [5.41, 5.74) is 1.36. The summed E-state index contributed by atoms with van der Waals surface area (Å²) in [5, 5.41) is 2.05. The minimum atomic E-state index is -0.794. The molecule has 0 atom stereocenters. The van der Waals surface area contributed by atoms with E-state index in [-0.39, 0.29) is 18.9 Å². The fraction of sp³-hybridized carbons (Fsp3) is 0.429. The predicted molar refractivity (Wildman–Crippen MR) is 151 cm³/mol. The quantitative estimate of drug-likeness (QED) is 0.216. The Labute approximate surface area is 232 Å². The van der Waals surface area contributed by atoms with Gasteiger partial charge in [-0.2, -0.15) is 0 Å². The van der Waals surface area contributed by atoms with Crippen LogP contribution in [0.4, 0.5) is 10.5 Å². The molecule has 1 saturated heterocycles. The average Bonchev–Trinajstić information content (AvgIpc) is 2.93. The third kappa shape index (κ3) is 7.34. The molecule has 0 spiro atoms. The number of nitrogens with zero attached hydrogens (tertiary/aromatic N) is 3. The molecule has 1 aliphatic heterocycles. The van der Waals surface area contributed by atoms with Gasteiger partial charge in [0.2, 0.25) is 0 Å². The SMILES string of the molecule is CCCOC(=O)OCn1c(=O)ccc2ccc(OCCCCN3CCN(c4cccc(Cl)c4Cl)CC3)cc21. The fourth-order valence-electron chi connectivity index (χ4n) is 4.41. The van der Waals surface area contributed by atoms with Crippen molar-refractivity contribution in [1.29, 1.82) is 0 Å². The van der Waals surface area contributed by atoms with Crippen molar-refractivity contribution in [3.63, 3.8) is 0 Å². The number of pyridine rings is 1. The standard InChI is InChI=1S/C28H33Cl2N3O5/c1-2-17-37-28(35)38-20-33-25-19-22(10-8-21(25)9-11-26(33)34)36-18-4-3-12-31-13-15-32(16-14-31)24-7-5-6-23(29)27(24)30/h5-11,19H,2-4,12-18,20H2,1H3. The number of rotatable bonds is 11. The molecule has 0 bridgehead atoms. The summed E-state index contributed by atoms with van der Waals surface area (Å²) in [6.45, 7) is 7.29. The summed E-state index contributed by atoms with van der Waals surface area (Å²) >= 11 is 12.6. The summed E-state index contributed by atoms with van der Waals surface area (Å²) < 4.78 is 17.4. The van der Waals surface area contributed by atoms with E-state index in [1.54, 1.807) is 12.1 Å². The second kappa shape index (κ2) is 13.7. The number of aromatic nitrogens is 1. The Morgan fingerprint density at radius 1 is 0.947 bits per heavy atom. The van der Waals surface area contributed by atoms with E-state index in [0.29, 0.717) is 34.3 Å². The molecule has 0 saturated carbocycles. The summed E-state index contributed by atoms with van der Waals surface area (Å²) in [7, 11) is 0. The van der Waals surface area contributed by atoms with Crippen LogP contribution in [0, 0.1) is 0 Å². The van der Waals surface area contributed by atoms with Crippen molar-refractivity contribution < 1.29 is 19.0 Å². The van der Waals surface area contributed by atoms with Crippen LogP contribution in [0.3, 0.4) is 0 Å². The van der Waals surface area contributed by atoms with Crippen LogP contribution in [-0.2, 0) is 16.2 Å². The van der Waals surface area contributed by atoms with Crippen molar-refractivity contribution in [1.82, 2.24) is 9.47 Å². The number of carbonyl (C=O) groups is 1. The largest absolute Gasteiger partial charge is 0.510 e. The summed E-state index contributed by atoms with van der Waals surface area (Å²) in [6.07, 6.45) is 1.83. The molecule has 8 nitrogen and oxygen atoms in total. The Bertz CT molecular complexity index is 1290. The van der Waals surface area contributed by atoms with Gasteiger partial charge in [-0.05, 0) is 61.5 Å². The van der Waals surface area contributed by atoms with Crippen molar-refractivity contribution in [2.24, 2.45) is 0 Å². The number of anilines is 1. The maximum atomic E-state index is 12.4. The zero-order chi connectivity index (χ0) is 26.9. The zero-order valence-electron chi connectivity index (χ0n) is 21.5. The first kappa shape index (κ1) is 28.1. The van der Waals surface area contributed by atoms with Crippen LogP contribution in [-0.4, -0.2) is 61.6 Å². The first-order valence-corrected chi connectivity index (χ1v) is 13.7. The maximum absolute atomic E-state index is 12.4. The lowest BCUT2D eigenvalue weighted by atomic mass is 10.2. The van der Waals surface area contributed by atoms with Gasteiger partial charge in [0.1, 0.15) is 5.75 Å². The molecule has 0 radical (unpaired) electrons. The molecule has 1 aliphatic rings. The number of carbonyl (C=O) groups excluding carboxylic acids is 1. The van der Waals surface area contributed by atoms with E-state index in [9.17, 15) is 9.59 Å². The van der Waals surface area contributed by atoms with Crippen LogP contribution >= 0.6 is 23.2 Å². The molecular formula is C28H33Cl2N3O5. The second-order valence-electron chi connectivity index (χ2n) is 9.15. The highest BCUT2D eigenvalue weighted by Crippen LogP contribution is 2.32. The predicted octanol–water partition coefficient (Wildman–Crippen LogP) is 5.81. The highest BCUT2D eigenvalue weighted by atomic mass is 35.5. The molecule has 2 aromatic carbocycles. The van der Waals surface area contributed by atoms with E-state index in [1.165, 1.54) is 10.6 Å². The molecule has 1 fully saturated rings. The molecule has 0 aliphatic carbocycles. The van der Waals surface area contributed by atoms with Gasteiger partial charge in [0.05, 0.1) is 34.5 Å². The summed E-state index contributed by atoms with van der Waals surface area (Å²) in [6, 6.07) is 14.5. The lowest BCUT2D eigenvalue weighted by Gasteiger charge is -2.36. The zero-order valence-corrected chi connectivity index (χ0v) is 23.0. The van der Waals surface area contributed by atoms with Crippen molar-refractivity contribution in [2.45, 2.75) is 32.9 Å². The van der Waals surface area contributed by atoms with Gasteiger partial charge < -0.3 is 19.1 Å². The topological polar surface area (TPSA) is 73.2 Å². The van der Waals surface area contributed by atoms with Crippen LogP contribution in [0.1, 0.15) is 26.2 Å². The highest BCUT2D eigenvalue weighted by molar-refractivity contribution is 6.43. The second-order valence-corrected chi connectivity index (χ2v) is 9.93. The molecule has 0 unspecified atom stereocenters. The minimum Gasteiger partial charge on any atom is -0.494 e. The lowest BCUT2D eigenvalue weighted by Crippen LogP contribution is -2.46. The first-order chi connectivity index (χ1) is 18.5. The molecule has 0 amide bonds. The van der Waals surface area contributed by atoms with Gasteiger partial charge in [-0.1, -0.05) is 36.2 Å². The van der Waals surface area contributed by atoms with E-state index in [0.717, 1.165) is 56.6 Å². The Morgan fingerprint density at radius 3 is 2.53 bits per heavy atom. The lowest BCUT2D eigenvalue weighted by molar-refractivity contribution is 0.0342. The van der Waals surface area contributed by atoms with Gasteiger partial charge in [-0.15, -0.1) is 0 Å². The van der Waals surface area contributed by atoms with Gasteiger partial charge in [0, 0.05) is 38.3 Å². The Morgan fingerprint density at radius 2 is 1.74 bits per heavy atom. The van der Waals surface area contributed by atoms with Crippen LogP contribution in [0.5, 0.6) is 5.75 Å². The van der Waals surface area contributed by atoms with Crippen molar-refractivity contribution in [3.05, 3.63) is 68.9 Å². The monoisotopic (exact) mass is 561 g/mol. The van der Waals surface area contributed by atoms with Crippen LogP contribution in [0.15, 0.2) is 53.3 Å². The smallest absolute Gasteiger partial charge is 0.494 e. The molecule has 2 heterocycles. The first-order valence-electron chi connectivity index (χ1n) is 12.9. The molecule has 204 valence electrons. The van der Waals surface area contributed by atoms with Crippen molar-refractivity contribution in [2.75, 3.05) is 50.8 Å². The molecule has 38 heavy (non-hydrogen) atoms. The molecule has 1 aromatic heterocycles. The molecule has 4 rings (SSSR count). The number of benzene rings is 2. The summed E-state index contributed by atoms with van der Waals surface area (Å²) in [5.74, 6) is 0.664. The summed E-state index contributed by atoms with van der Waals surface area (Å²) in [4.78, 5) is 28.9. The Balaban J connectivity index is 1.23. The Kier molecular flexibility index (Phi) is 10.1. The van der Waals surface area contributed by atoms with E-state index in [1.807, 2.05) is 37.3 Å². The fourth-order valence-corrected chi connectivity index (χ4v) is 4.83. The number of unbranched alkanes of at least 4 members (excludes halogenated alkanes) is 1. The number of ether oxygens (including phenoxy) is 3. The van der Waals surface area contributed by atoms with Crippen molar-refractivity contribution in [3.8, 4) is 5.75 Å². The minimum absolute atomic E-state index is 0.223. The number of piperazine rings is 1. The van der Waals surface area contributed by atoms with E-state index < -0.39 is 6.16 Å². The van der Waals surface area contributed by atoms with Crippen molar-refractivity contribution >= 4 is 45.9 Å². The van der Waals surface area contributed by atoms with Gasteiger partial charge >= 0.3 is 6.16 Å². The number of halogens is 2. The van der Waals surface area contributed by atoms with Gasteiger partial charge in [-0.3, -0.25) is 14.3 Å². The highest BCUT2D eigenvalue weighted by Gasteiger charge is 2.19. The molecule has 10 heteroatoms. The van der Waals surface area contributed by atoms with Gasteiger partial charge in [-0.25, -0.2) is 4.79 Å². The van der Waals surface area contributed by atoms with Crippen LogP contribution in [0.25, 0.3) is 10.9 Å². The van der Waals surface area contributed by atoms with Gasteiger partial charge in [0.25, 0.3) is 5.56 Å². The number of hydrogen-bond acceptors (Lipinski definition) is 7. The maximum Gasteiger partial charge on any atom is 0.510 e.